The number of pyridine rings is 1. The molecule has 18 heavy (non-hydrogen) atoms. The van der Waals surface area contributed by atoms with Gasteiger partial charge in [-0.25, -0.2) is 0 Å². The van der Waals surface area contributed by atoms with Crippen molar-refractivity contribution in [3.63, 3.8) is 0 Å². The Labute approximate surface area is 119 Å². The van der Waals surface area contributed by atoms with Gasteiger partial charge in [0.05, 0.1) is 33.2 Å². The Balaban J connectivity index is 2.74. The maximum Gasteiger partial charge on any atom is 0.102 e. The number of hydrogen-bond acceptors (Lipinski definition) is 3. The molecule has 0 fully saturated rings. The highest BCUT2D eigenvalue weighted by Gasteiger charge is 2.14. The van der Waals surface area contributed by atoms with Crippen molar-refractivity contribution < 1.29 is 0 Å². The van der Waals surface area contributed by atoms with Crippen molar-refractivity contribution in [1.82, 2.24) is 4.98 Å². The fraction of sp³-hybridized carbons (Fsp3) is 0. The van der Waals surface area contributed by atoms with Gasteiger partial charge < -0.3 is 5.73 Å². The van der Waals surface area contributed by atoms with E-state index in [0.29, 0.717) is 37.6 Å². The van der Waals surface area contributed by atoms with Gasteiger partial charge in [0.2, 0.25) is 0 Å². The summed E-state index contributed by atoms with van der Waals surface area (Å²) in [6, 6.07) is 6.67. The van der Waals surface area contributed by atoms with Crippen LogP contribution in [0.25, 0.3) is 11.3 Å². The number of nitriles is 1. The molecule has 1 aromatic carbocycles. The number of rotatable bonds is 1. The van der Waals surface area contributed by atoms with E-state index in [4.69, 9.17) is 45.8 Å². The highest BCUT2D eigenvalue weighted by atomic mass is 35.5. The second-order valence-corrected chi connectivity index (χ2v) is 4.75. The van der Waals surface area contributed by atoms with E-state index < -0.39 is 0 Å². The molecule has 3 nitrogen and oxygen atoms in total. The highest BCUT2D eigenvalue weighted by Crippen LogP contribution is 2.37. The van der Waals surface area contributed by atoms with E-state index in [2.05, 4.69) is 4.98 Å². The lowest BCUT2D eigenvalue weighted by molar-refractivity contribution is 1.30. The second kappa shape index (κ2) is 5.03. The van der Waals surface area contributed by atoms with E-state index in [1.54, 1.807) is 6.07 Å². The smallest absolute Gasteiger partial charge is 0.102 e. The Bertz CT molecular complexity index is 662. The van der Waals surface area contributed by atoms with Crippen molar-refractivity contribution in [3.05, 3.63) is 45.0 Å². The number of hydrogen-bond donors (Lipinski definition) is 1. The molecule has 2 rings (SSSR count). The molecule has 2 N–H and O–H groups in total. The lowest BCUT2D eigenvalue weighted by atomic mass is 10.1. The van der Waals surface area contributed by atoms with Gasteiger partial charge in [0.1, 0.15) is 6.07 Å². The largest absolute Gasteiger partial charge is 0.397 e. The number of nitrogens with two attached hydrogens (primary N) is 1. The van der Waals surface area contributed by atoms with Crippen molar-refractivity contribution >= 4 is 40.5 Å². The second-order valence-electron chi connectivity index (χ2n) is 3.53. The number of benzene rings is 1. The number of aromatic nitrogens is 1. The van der Waals surface area contributed by atoms with Crippen LogP contribution in [0.1, 0.15) is 5.56 Å². The van der Waals surface area contributed by atoms with Gasteiger partial charge in [0.15, 0.2) is 0 Å². The van der Waals surface area contributed by atoms with Gasteiger partial charge >= 0.3 is 0 Å². The summed E-state index contributed by atoms with van der Waals surface area (Å²) < 4.78 is 0. The van der Waals surface area contributed by atoms with Crippen LogP contribution >= 0.6 is 34.8 Å². The third kappa shape index (κ3) is 2.37. The molecule has 0 bridgehead atoms. The van der Waals surface area contributed by atoms with Crippen LogP contribution in [-0.2, 0) is 0 Å². The molecular formula is C12H6Cl3N3. The van der Waals surface area contributed by atoms with Gasteiger partial charge in [-0.15, -0.1) is 0 Å². The van der Waals surface area contributed by atoms with Crippen molar-refractivity contribution in [2.75, 3.05) is 5.73 Å². The maximum absolute atomic E-state index is 9.08. The van der Waals surface area contributed by atoms with E-state index in [0.717, 1.165) is 0 Å². The Kier molecular flexibility index (Phi) is 3.63. The summed E-state index contributed by atoms with van der Waals surface area (Å²) in [6.07, 6.45) is 1.45. The molecule has 1 heterocycles. The molecular weight excluding hydrogens is 293 g/mol. The lowest BCUT2D eigenvalue weighted by Gasteiger charge is -2.08. The number of nitrogen functional groups attached to an aromatic ring is 1. The molecule has 1 aromatic heterocycles. The van der Waals surface area contributed by atoms with Crippen molar-refractivity contribution in [2.45, 2.75) is 0 Å². The van der Waals surface area contributed by atoms with Gasteiger partial charge in [-0.1, -0.05) is 34.8 Å². The lowest BCUT2D eigenvalue weighted by Crippen LogP contribution is -1.94. The zero-order valence-electron chi connectivity index (χ0n) is 8.92. The van der Waals surface area contributed by atoms with Crippen LogP contribution in [0.5, 0.6) is 0 Å². The summed E-state index contributed by atoms with van der Waals surface area (Å²) >= 11 is 18.0. The summed E-state index contributed by atoms with van der Waals surface area (Å²) in [5, 5.41) is 10.1. The molecule has 0 aliphatic rings. The Morgan fingerprint density at radius 1 is 1.17 bits per heavy atom. The molecule has 0 unspecified atom stereocenters. The molecule has 0 amide bonds. The van der Waals surface area contributed by atoms with E-state index in [1.165, 1.54) is 18.3 Å². The Morgan fingerprint density at radius 3 is 2.56 bits per heavy atom. The average Bonchev–Trinajstić information content (AvgIpc) is 2.34. The molecule has 90 valence electrons. The Hall–Kier alpha value is -1.47. The zero-order chi connectivity index (χ0) is 13.3. The standard InChI is InChI=1S/C12H6Cl3N3/c13-7-2-9(11(15)10(14)3-7)12-6(4-16)1-8(17)5-18-12/h1-3,5H,17H2. The fourth-order valence-corrected chi connectivity index (χ4v) is 2.20. The fourth-order valence-electron chi connectivity index (χ4n) is 1.51. The Morgan fingerprint density at radius 2 is 1.89 bits per heavy atom. The van der Waals surface area contributed by atoms with Gasteiger partial charge in [0.25, 0.3) is 0 Å². The van der Waals surface area contributed by atoms with Crippen LogP contribution in [0.15, 0.2) is 24.4 Å². The number of halogens is 3. The average molecular weight is 299 g/mol. The monoisotopic (exact) mass is 297 g/mol. The summed E-state index contributed by atoms with van der Waals surface area (Å²) in [4.78, 5) is 4.11. The molecule has 0 spiro atoms. The molecule has 0 aliphatic carbocycles. The molecule has 0 saturated carbocycles. The third-order valence-corrected chi connectivity index (χ3v) is 3.30. The highest BCUT2D eigenvalue weighted by molar-refractivity contribution is 6.45. The summed E-state index contributed by atoms with van der Waals surface area (Å²) in [7, 11) is 0. The first kappa shape index (κ1) is 13.0. The SMILES string of the molecule is N#Cc1cc(N)cnc1-c1cc(Cl)cc(Cl)c1Cl. The first-order valence-corrected chi connectivity index (χ1v) is 5.97. The molecule has 2 aromatic rings. The number of nitrogens with zero attached hydrogens (tertiary/aromatic N) is 2. The molecule has 0 aliphatic heterocycles. The molecule has 0 atom stereocenters. The zero-order valence-corrected chi connectivity index (χ0v) is 11.2. The predicted molar refractivity (Wildman–Crippen MR) is 73.8 cm³/mol. The van der Waals surface area contributed by atoms with Crippen molar-refractivity contribution in [3.8, 4) is 17.3 Å². The molecule has 6 heteroatoms. The summed E-state index contributed by atoms with van der Waals surface area (Å²) in [6.45, 7) is 0. The quantitative estimate of drug-likeness (QED) is 0.804. The predicted octanol–water partition coefficient (Wildman–Crippen LogP) is 4.16. The van der Waals surface area contributed by atoms with Crippen molar-refractivity contribution in [2.24, 2.45) is 0 Å². The minimum Gasteiger partial charge on any atom is -0.397 e. The van der Waals surface area contributed by atoms with Gasteiger partial charge in [-0.3, -0.25) is 4.98 Å². The molecule has 0 saturated heterocycles. The summed E-state index contributed by atoms with van der Waals surface area (Å²) in [5.74, 6) is 0. The van der Waals surface area contributed by atoms with Crippen LogP contribution < -0.4 is 5.73 Å². The van der Waals surface area contributed by atoms with Crippen LogP contribution in [0.4, 0.5) is 5.69 Å². The van der Waals surface area contributed by atoms with E-state index in [1.807, 2.05) is 6.07 Å². The summed E-state index contributed by atoms with van der Waals surface area (Å²) in [5.41, 5.74) is 7.21. The minimum absolute atomic E-state index is 0.301. The van der Waals surface area contributed by atoms with Crippen LogP contribution in [0.3, 0.4) is 0 Å². The first-order chi connectivity index (χ1) is 8.52. The van der Waals surface area contributed by atoms with Gasteiger partial charge in [-0.2, -0.15) is 5.26 Å². The topological polar surface area (TPSA) is 62.7 Å². The van der Waals surface area contributed by atoms with E-state index in [-0.39, 0.29) is 0 Å². The van der Waals surface area contributed by atoms with Crippen molar-refractivity contribution in [1.29, 1.82) is 5.26 Å². The molecule has 0 radical (unpaired) electrons. The normalized spacial score (nSPS) is 10.1. The number of anilines is 1. The first-order valence-electron chi connectivity index (χ1n) is 4.83. The van der Waals surface area contributed by atoms with E-state index >= 15 is 0 Å². The van der Waals surface area contributed by atoms with Crippen LogP contribution in [-0.4, -0.2) is 4.98 Å². The van der Waals surface area contributed by atoms with Gasteiger partial charge in [0, 0.05) is 10.6 Å². The minimum atomic E-state index is 0.301. The van der Waals surface area contributed by atoms with Crippen LogP contribution in [0.2, 0.25) is 15.1 Å². The third-order valence-electron chi connectivity index (χ3n) is 2.28. The van der Waals surface area contributed by atoms with E-state index in [9.17, 15) is 0 Å². The van der Waals surface area contributed by atoms with Crippen LogP contribution in [0, 0.1) is 11.3 Å². The van der Waals surface area contributed by atoms with Gasteiger partial charge in [-0.05, 0) is 18.2 Å². The maximum atomic E-state index is 9.08.